The number of unbranched alkanes of at least 4 members (excludes halogenated alkanes) is 15. The Morgan fingerprint density at radius 2 is 0.952 bits per heavy atom. The Morgan fingerprint density at radius 1 is 0.571 bits per heavy atom. The molecule has 0 saturated carbocycles. The van der Waals surface area contributed by atoms with Crippen molar-refractivity contribution in [2.24, 2.45) is 5.92 Å². The van der Waals surface area contributed by atoms with E-state index in [1.165, 1.54) is 97.0 Å². The fourth-order valence-electron chi connectivity index (χ4n) is 4.39. The average molecular weight is 589 g/mol. The second-order valence-electron chi connectivity index (χ2n) is 11.5. The Kier molecular flexibility index (Phi) is 37.0. The molecule has 0 radical (unpaired) electrons. The predicted octanol–water partition coefficient (Wildman–Crippen LogP) is 12.1. The molecule has 4 nitrogen and oxygen atoms in total. The third-order valence-electron chi connectivity index (χ3n) is 7.32. The summed E-state index contributed by atoms with van der Waals surface area (Å²) < 4.78 is 4.62. The first-order valence-electron chi connectivity index (χ1n) is 17.4. The molecule has 0 bridgehead atoms. The number of methoxy groups -OCH3 is 1. The minimum Gasteiger partial charge on any atom is -0.481 e. The fraction of sp³-hybridized carbons (Fsp3) is 0.737. The van der Waals surface area contributed by atoms with Crippen LogP contribution in [0.15, 0.2) is 48.6 Å². The van der Waals surface area contributed by atoms with E-state index in [1.807, 2.05) is 0 Å². The highest BCUT2D eigenvalue weighted by molar-refractivity contribution is 5.69. The molecule has 244 valence electrons. The van der Waals surface area contributed by atoms with Crippen LogP contribution in [0.1, 0.15) is 168 Å². The Morgan fingerprint density at radius 3 is 1.36 bits per heavy atom. The maximum Gasteiger partial charge on any atom is 0.306 e. The molecule has 0 amide bonds. The lowest BCUT2D eigenvalue weighted by molar-refractivity contribution is -0.142. The van der Waals surface area contributed by atoms with Gasteiger partial charge in [-0.05, 0) is 77.0 Å². The van der Waals surface area contributed by atoms with Crippen molar-refractivity contribution in [3.05, 3.63) is 48.6 Å². The van der Waals surface area contributed by atoms with Crippen LogP contribution in [0.3, 0.4) is 0 Å². The van der Waals surface area contributed by atoms with E-state index in [-0.39, 0.29) is 11.9 Å². The summed E-state index contributed by atoms with van der Waals surface area (Å²) in [6, 6.07) is 0. The summed E-state index contributed by atoms with van der Waals surface area (Å²) in [5.74, 6) is -0.935. The zero-order chi connectivity index (χ0) is 31.4. The molecule has 1 N–H and O–H groups in total. The smallest absolute Gasteiger partial charge is 0.306 e. The van der Waals surface area contributed by atoms with E-state index in [0.29, 0.717) is 6.42 Å². The molecule has 0 aromatic heterocycles. The Balaban J connectivity index is 0. The standard InChI is InChI=1S/2C19H34O2/c1-3-4-5-6-7-8-9-10-11-12-13-14-15-16-17-18-19(20)21-2;1-3-4-5-6-7-8-9-10-11-12-13-14-15-16-17-18(2)19(20)21/h7-8,10-11H,3-6,9,12-18H2,1-2H3;7-8,10-11,18H,3-6,9,12-17H2,1-2H3,(H,20,21)/b8-7-,11-10-;8-7+,11-10+. The number of aliphatic carboxylic acids is 1. The highest BCUT2D eigenvalue weighted by Gasteiger charge is 2.09. The van der Waals surface area contributed by atoms with Gasteiger partial charge in [-0.1, -0.05) is 134 Å². The topological polar surface area (TPSA) is 63.6 Å². The second kappa shape index (κ2) is 36.9. The van der Waals surface area contributed by atoms with Crippen LogP contribution in [-0.2, 0) is 14.3 Å². The maximum atomic E-state index is 10.9. The van der Waals surface area contributed by atoms with Crippen molar-refractivity contribution in [1.29, 1.82) is 0 Å². The van der Waals surface area contributed by atoms with Crippen LogP contribution in [0.25, 0.3) is 0 Å². The zero-order valence-electron chi connectivity index (χ0n) is 28.1. The van der Waals surface area contributed by atoms with Gasteiger partial charge in [0.25, 0.3) is 0 Å². The lowest BCUT2D eigenvalue weighted by Gasteiger charge is -2.04. The number of carbonyl (C=O) groups is 2. The van der Waals surface area contributed by atoms with Crippen LogP contribution in [0.2, 0.25) is 0 Å². The number of hydrogen-bond acceptors (Lipinski definition) is 3. The lowest BCUT2D eigenvalue weighted by atomic mass is 10.0. The summed E-state index contributed by atoms with van der Waals surface area (Å²) in [5, 5.41) is 8.77. The molecule has 1 atom stereocenters. The van der Waals surface area contributed by atoms with Gasteiger partial charge in [0, 0.05) is 6.42 Å². The normalized spacial score (nSPS) is 12.4. The van der Waals surface area contributed by atoms with Crippen molar-refractivity contribution in [1.82, 2.24) is 0 Å². The summed E-state index contributed by atoms with van der Waals surface area (Å²) in [6.07, 6.45) is 44.9. The number of hydrogen-bond donors (Lipinski definition) is 1. The van der Waals surface area contributed by atoms with Crippen molar-refractivity contribution >= 4 is 11.9 Å². The second-order valence-corrected chi connectivity index (χ2v) is 11.5. The summed E-state index contributed by atoms with van der Waals surface area (Å²) in [7, 11) is 1.45. The van der Waals surface area contributed by atoms with Gasteiger partial charge >= 0.3 is 11.9 Å². The third-order valence-corrected chi connectivity index (χ3v) is 7.32. The Labute approximate surface area is 261 Å². The molecule has 42 heavy (non-hydrogen) atoms. The fourth-order valence-corrected chi connectivity index (χ4v) is 4.39. The summed E-state index contributed by atoms with van der Waals surface area (Å²) in [6.45, 7) is 6.27. The first-order chi connectivity index (χ1) is 20.5. The quantitative estimate of drug-likeness (QED) is 0.0561. The van der Waals surface area contributed by atoms with Crippen molar-refractivity contribution in [2.75, 3.05) is 7.11 Å². The molecule has 0 saturated heterocycles. The predicted molar refractivity (Wildman–Crippen MR) is 183 cm³/mol. The van der Waals surface area contributed by atoms with Crippen LogP contribution >= 0.6 is 0 Å². The van der Waals surface area contributed by atoms with Gasteiger partial charge < -0.3 is 9.84 Å². The van der Waals surface area contributed by atoms with Gasteiger partial charge in [-0.3, -0.25) is 9.59 Å². The van der Waals surface area contributed by atoms with Crippen molar-refractivity contribution in [3.8, 4) is 0 Å². The largest absolute Gasteiger partial charge is 0.481 e. The van der Waals surface area contributed by atoms with E-state index in [1.54, 1.807) is 6.92 Å². The lowest BCUT2D eigenvalue weighted by Crippen LogP contribution is -2.08. The Bertz CT molecular complexity index is 687. The number of rotatable bonds is 28. The number of allylic oxidation sites excluding steroid dienone is 8. The maximum absolute atomic E-state index is 10.9. The number of carbonyl (C=O) groups excluding carboxylic acids is 1. The molecule has 1 unspecified atom stereocenters. The first-order valence-corrected chi connectivity index (χ1v) is 17.4. The van der Waals surface area contributed by atoms with Gasteiger partial charge in [-0.2, -0.15) is 0 Å². The number of ether oxygens (including phenoxy) is 1. The molecule has 0 aliphatic heterocycles. The first kappa shape index (κ1) is 42.0. The van der Waals surface area contributed by atoms with Crippen molar-refractivity contribution in [3.63, 3.8) is 0 Å². The molecule has 0 aliphatic rings. The molecule has 0 aromatic rings. The minimum atomic E-state index is -0.666. The van der Waals surface area contributed by atoms with Gasteiger partial charge in [-0.25, -0.2) is 0 Å². The van der Waals surface area contributed by atoms with Gasteiger partial charge in [0.1, 0.15) is 0 Å². The monoisotopic (exact) mass is 589 g/mol. The van der Waals surface area contributed by atoms with Gasteiger partial charge in [0.05, 0.1) is 13.0 Å². The van der Waals surface area contributed by atoms with E-state index in [0.717, 1.165) is 51.4 Å². The molecule has 0 spiro atoms. The van der Waals surface area contributed by atoms with E-state index < -0.39 is 5.97 Å². The molecule has 0 heterocycles. The van der Waals surface area contributed by atoms with Crippen LogP contribution < -0.4 is 0 Å². The zero-order valence-corrected chi connectivity index (χ0v) is 28.1. The third kappa shape index (κ3) is 37.9. The molecular weight excluding hydrogens is 520 g/mol. The molecule has 0 rings (SSSR count). The van der Waals surface area contributed by atoms with Crippen molar-refractivity contribution < 1.29 is 19.4 Å². The van der Waals surface area contributed by atoms with Crippen LogP contribution in [0.5, 0.6) is 0 Å². The van der Waals surface area contributed by atoms with Gasteiger partial charge in [0.2, 0.25) is 0 Å². The molecule has 0 fully saturated rings. The summed E-state index contributed by atoms with van der Waals surface area (Å²) in [5.41, 5.74) is 0. The van der Waals surface area contributed by atoms with E-state index in [2.05, 4.69) is 67.2 Å². The number of carboxylic acids is 1. The average Bonchev–Trinajstić information content (AvgIpc) is 2.99. The number of carboxylic acid groups (broad SMARTS) is 1. The summed E-state index contributed by atoms with van der Waals surface area (Å²) in [4.78, 5) is 21.6. The molecule has 0 aromatic carbocycles. The Hall–Kier alpha value is -2.10. The number of esters is 1. The molecular formula is C38H68O4. The van der Waals surface area contributed by atoms with Crippen molar-refractivity contribution in [2.45, 2.75) is 168 Å². The molecule has 0 aliphatic carbocycles. The SMILES string of the molecule is CCCCC/C=C/C/C=C/CCCCCCC(C)C(=O)O.CCCCC/C=C\C/C=C\CCCCCCCC(=O)OC. The molecule has 4 heteroatoms. The highest BCUT2D eigenvalue weighted by atomic mass is 16.5. The van der Waals surface area contributed by atoms with Crippen LogP contribution in [0.4, 0.5) is 0 Å². The van der Waals surface area contributed by atoms with Crippen LogP contribution in [0, 0.1) is 5.92 Å². The van der Waals surface area contributed by atoms with E-state index in [4.69, 9.17) is 5.11 Å². The van der Waals surface area contributed by atoms with Gasteiger partial charge in [-0.15, -0.1) is 0 Å². The summed E-state index contributed by atoms with van der Waals surface area (Å²) >= 11 is 0. The minimum absolute atomic E-state index is 0.0827. The van der Waals surface area contributed by atoms with Gasteiger partial charge in [0.15, 0.2) is 0 Å². The van der Waals surface area contributed by atoms with E-state index >= 15 is 0 Å². The highest BCUT2D eigenvalue weighted by Crippen LogP contribution is 2.12. The van der Waals surface area contributed by atoms with Crippen LogP contribution in [-0.4, -0.2) is 24.2 Å². The van der Waals surface area contributed by atoms with E-state index in [9.17, 15) is 9.59 Å².